The molecule has 2 saturated heterocycles. The zero-order valence-corrected chi connectivity index (χ0v) is 12.7. The number of methoxy groups -OCH3 is 1. The molecule has 2 fully saturated rings. The lowest BCUT2D eigenvalue weighted by atomic mass is 9.96. The third-order valence-corrected chi connectivity index (χ3v) is 4.26. The van der Waals surface area contributed by atoms with Crippen LogP contribution < -0.4 is 0 Å². The van der Waals surface area contributed by atoms with Gasteiger partial charge in [0.2, 0.25) is 5.91 Å². The minimum absolute atomic E-state index is 0.118. The average Bonchev–Trinajstić information content (AvgIpc) is 2.26. The lowest BCUT2D eigenvalue weighted by molar-refractivity contribution is -0.138. The number of hydrogen-bond donors (Lipinski definition) is 0. The van der Waals surface area contributed by atoms with E-state index in [9.17, 15) is 4.79 Å². The molecule has 2 rings (SSSR count). The van der Waals surface area contributed by atoms with Gasteiger partial charge in [0.25, 0.3) is 0 Å². The Bertz CT molecular complexity index is 313. The summed E-state index contributed by atoms with van der Waals surface area (Å²) in [6.45, 7) is 13.0. The van der Waals surface area contributed by atoms with E-state index in [0.29, 0.717) is 6.04 Å². The van der Waals surface area contributed by atoms with Crippen LogP contribution in [-0.4, -0.2) is 85.2 Å². The molecule has 1 amide bonds. The van der Waals surface area contributed by atoms with Gasteiger partial charge in [-0.2, -0.15) is 0 Å². The molecule has 0 atom stereocenters. The molecular formula is C14H27N3O2. The minimum atomic E-state index is 0.118. The highest BCUT2D eigenvalue weighted by atomic mass is 16.5. The Hall–Kier alpha value is -0.650. The first-order valence-corrected chi connectivity index (χ1v) is 7.17. The van der Waals surface area contributed by atoms with Crippen LogP contribution in [0.3, 0.4) is 0 Å². The van der Waals surface area contributed by atoms with Crippen molar-refractivity contribution in [3.63, 3.8) is 0 Å². The fourth-order valence-corrected chi connectivity index (χ4v) is 2.79. The van der Waals surface area contributed by atoms with Gasteiger partial charge in [0.15, 0.2) is 0 Å². The summed E-state index contributed by atoms with van der Waals surface area (Å²) in [5, 5.41) is 0. The Balaban J connectivity index is 1.72. The first-order valence-electron chi connectivity index (χ1n) is 7.17. The molecule has 5 nitrogen and oxygen atoms in total. The molecule has 0 aliphatic carbocycles. The SMILES string of the molecule is COCC(=O)N1CCN(C2CN(C(C)(C)C)C2)CC1. The lowest BCUT2D eigenvalue weighted by Crippen LogP contribution is -2.67. The van der Waals surface area contributed by atoms with Crippen LogP contribution in [-0.2, 0) is 9.53 Å². The second-order valence-corrected chi connectivity index (χ2v) is 6.58. The van der Waals surface area contributed by atoms with Crippen molar-refractivity contribution in [2.45, 2.75) is 32.4 Å². The maximum atomic E-state index is 11.7. The van der Waals surface area contributed by atoms with Crippen LogP contribution in [0.5, 0.6) is 0 Å². The van der Waals surface area contributed by atoms with E-state index >= 15 is 0 Å². The van der Waals surface area contributed by atoms with Gasteiger partial charge in [-0.25, -0.2) is 0 Å². The van der Waals surface area contributed by atoms with E-state index in [2.05, 4.69) is 30.6 Å². The number of rotatable bonds is 3. The van der Waals surface area contributed by atoms with E-state index < -0.39 is 0 Å². The lowest BCUT2D eigenvalue weighted by Gasteiger charge is -2.53. The van der Waals surface area contributed by atoms with Gasteiger partial charge >= 0.3 is 0 Å². The first kappa shape index (κ1) is 14.8. The molecule has 0 aromatic rings. The fourth-order valence-electron chi connectivity index (χ4n) is 2.79. The predicted octanol–water partition coefficient (Wildman–Crippen LogP) is 0.260. The summed E-state index contributed by atoms with van der Waals surface area (Å²) in [7, 11) is 1.57. The zero-order chi connectivity index (χ0) is 14.0. The molecule has 0 radical (unpaired) electrons. The van der Waals surface area contributed by atoms with E-state index in [4.69, 9.17) is 4.74 Å². The van der Waals surface area contributed by atoms with Crippen molar-refractivity contribution >= 4 is 5.91 Å². The minimum Gasteiger partial charge on any atom is -0.375 e. The van der Waals surface area contributed by atoms with Gasteiger partial charge in [-0.3, -0.25) is 14.6 Å². The average molecular weight is 269 g/mol. The standard InChI is InChI=1S/C14H27N3O2/c1-14(2,3)17-9-12(10-17)15-5-7-16(8-6-15)13(18)11-19-4/h12H,5-11H2,1-4H3. The molecule has 2 aliphatic rings. The Morgan fingerprint density at radius 1 is 1.16 bits per heavy atom. The van der Waals surface area contributed by atoms with Gasteiger partial charge in [0.1, 0.15) is 6.61 Å². The van der Waals surface area contributed by atoms with E-state index in [1.807, 2.05) is 4.90 Å². The van der Waals surface area contributed by atoms with E-state index in [0.717, 1.165) is 39.3 Å². The molecule has 110 valence electrons. The fraction of sp³-hybridized carbons (Fsp3) is 0.929. The molecular weight excluding hydrogens is 242 g/mol. The first-order chi connectivity index (χ1) is 8.91. The number of hydrogen-bond acceptors (Lipinski definition) is 4. The van der Waals surface area contributed by atoms with Crippen LogP contribution >= 0.6 is 0 Å². The summed E-state index contributed by atoms with van der Waals surface area (Å²) in [5.41, 5.74) is 0.284. The summed E-state index contributed by atoms with van der Waals surface area (Å²) in [4.78, 5) is 18.7. The molecule has 0 unspecified atom stereocenters. The third-order valence-electron chi connectivity index (χ3n) is 4.26. The second kappa shape index (κ2) is 5.77. The maximum absolute atomic E-state index is 11.7. The van der Waals surface area contributed by atoms with E-state index in [1.165, 1.54) is 0 Å². The second-order valence-electron chi connectivity index (χ2n) is 6.58. The highest BCUT2D eigenvalue weighted by Crippen LogP contribution is 2.24. The van der Waals surface area contributed by atoms with Crippen molar-refractivity contribution in [3.8, 4) is 0 Å². The van der Waals surface area contributed by atoms with Crippen LogP contribution in [0.15, 0.2) is 0 Å². The summed E-state index contributed by atoms with van der Waals surface area (Å²) >= 11 is 0. The van der Waals surface area contributed by atoms with Crippen molar-refractivity contribution in [1.29, 1.82) is 0 Å². The highest BCUT2D eigenvalue weighted by molar-refractivity contribution is 5.77. The molecule has 0 spiro atoms. The van der Waals surface area contributed by atoms with Crippen LogP contribution in [0, 0.1) is 0 Å². The quantitative estimate of drug-likeness (QED) is 0.736. The smallest absolute Gasteiger partial charge is 0.248 e. The number of nitrogens with zero attached hydrogens (tertiary/aromatic N) is 3. The van der Waals surface area contributed by atoms with Crippen LogP contribution in [0.1, 0.15) is 20.8 Å². The molecule has 0 saturated carbocycles. The van der Waals surface area contributed by atoms with Crippen LogP contribution in [0.4, 0.5) is 0 Å². The summed E-state index contributed by atoms with van der Waals surface area (Å²) < 4.78 is 4.90. The van der Waals surface area contributed by atoms with Gasteiger partial charge < -0.3 is 9.64 Å². The molecule has 0 aromatic heterocycles. The summed E-state index contributed by atoms with van der Waals surface area (Å²) in [6.07, 6.45) is 0. The topological polar surface area (TPSA) is 36.0 Å². The molecule has 5 heteroatoms. The monoisotopic (exact) mass is 269 g/mol. The molecule has 2 aliphatic heterocycles. The number of piperazine rings is 1. The third kappa shape index (κ3) is 3.46. The number of likely N-dealkylation sites (tertiary alicyclic amines) is 1. The van der Waals surface area contributed by atoms with Crippen LogP contribution in [0.25, 0.3) is 0 Å². The Kier molecular flexibility index (Phi) is 4.48. The van der Waals surface area contributed by atoms with Gasteiger partial charge in [0.05, 0.1) is 0 Å². The number of ether oxygens (including phenoxy) is 1. The molecule has 0 N–H and O–H groups in total. The molecule has 0 bridgehead atoms. The Labute approximate surface area is 116 Å². The normalized spacial score (nSPS) is 23.5. The maximum Gasteiger partial charge on any atom is 0.248 e. The van der Waals surface area contributed by atoms with Gasteiger partial charge in [-0.1, -0.05) is 0 Å². The number of carbonyl (C=O) groups is 1. The summed E-state index contributed by atoms with van der Waals surface area (Å²) in [6, 6.07) is 0.680. The number of carbonyl (C=O) groups excluding carboxylic acids is 1. The van der Waals surface area contributed by atoms with Crippen molar-refractivity contribution in [2.75, 3.05) is 53.0 Å². The Morgan fingerprint density at radius 2 is 1.74 bits per heavy atom. The Morgan fingerprint density at radius 3 is 2.21 bits per heavy atom. The molecule has 0 aromatic carbocycles. The number of amides is 1. The van der Waals surface area contributed by atoms with Crippen molar-refractivity contribution in [2.24, 2.45) is 0 Å². The largest absolute Gasteiger partial charge is 0.375 e. The van der Waals surface area contributed by atoms with Crippen molar-refractivity contribution in [1.82, 2.24) is 14.7 Å². The predicted molar refractivity (Wildman–Crippen MR) is 75.1 cm³/mol. The van der Waals surface area contributed by atoms with Gasteiger partial charge in [-0.15, -0.1) is 0 Å². The van der Waals surface area contributed by atoms with Gasteiger partial charge in [-0.05, 0) is 20.8 Å². The molecule has 19 heavy (non-hydrogen) atoms. The van der Waals surface area contributed by atoms with Crippen molar-refractivity contribution < 1.29 is 9.53 Å². The van der Waals surface area contributed by atoms with E-state index in [1.54, 1.807) is 7.11 Å². The highest BCUT2D eigenvalue weighted by Gasteiger charge is 2.38. The summed E-state index contributed by atoms with van der Waals surface area (Å²) in [5.74, 6) is 0.118. The van der Waals surface area contributed by atoms with E-state index in [-0.39, 0.29) is 18.1 Å². The molecule has 2 heterocycles. The van der Waals surface area contributed by atoms with Crippen LogP contribution in [0.2, 0.25) is 0 Å². The zero-order valence-electron chi connectivity index (χ0n) is 12.7. The van der Waals surface area contributed by atoms with Gasteiger partial charge in [0, 0.05) is 58.0 Å². The van der Waals surface area contributed by atoms with Crippen molar-refractivity contribution in [3.05, 3.63) is 0 Å².